The summed E-state index contributed by atoms with van der Waals surface area (Å²) in [5, 5.41) is 3.10. The van der Waals surface area contributed by atoms with Crippen molar-refractivity contribution in [3.05, 3.63) is 60.1 Å². The lowest BCUT2D eigenvalue weighted by molar-refractivity contribution is -0.127. The summed E-state index contributed by atoms with van der Waals surface area (Å²) >= 11 is 0. The summed E-state index contributed by atoms with van der Waals surface area (Å²) in [6.45, 7) is 11.3. The lowest BCUT2D eigenvalue weighted by Gasteiger charge is -2.29. The third kappa shape index (κ3) is 7.14. The van der Waals surface area contributed by atoms with Crippen molar-refractivity contribution in [2.24, 2.45) is 0 Å². The molecule has 0 fully saturated rings. The first kappa shape index (κ1) is 26.0. The molecule has 7 heteroatoms. The van der Waals surface area contributed by atoms with Gasteiger partial charge in [0.25, 0.3) is 5.91 Å². The maximum Gasteiger partial charge on any atom is 0.251 e. The van der Waals surface area contributed by atoms with Gasteiger partial charge in [-0.15, -0.1) is 0 Å². The standard InChI is InChI=1S/C20H24N2O4.C6H13N/c1-13(2)22-9-5-6-16(11-22)20(24)21(4)14(3)19(23)15-7-8-17-18(10-15)26-12-25-17;1-3-5-7-6-4-2/h5,7-11,13-14H,6,12H2,1-4H3;3,5,7H,4,6H2,1-2H3/b;5-3-. The molecule has 0 spiro atoms. The Bertz CT molecular complexity index is 905. The zero-order chi connectivity index (χ0) is 24.4. The summed E-state index contributed by atoms with van der Waals surface area (Å²) in [6.07, 6.45) is 11.5. The Morgan fingerprint density at radius 2 is 1.94 bits per heavy atom. The quantitative estimate of drug-likeness (QED) is 0.460. The fourth-order valence-corrected chi connectivity index (χ4v) is 3.26. The highest BCUT2D eigenvalue weighted by Gasteiger charge is 2.27. The summed E-state index contributed by atoms with van der Waals surface area (Å²) in [7, 11) is 1.66. The minimum atomic E-state index is -0.581. The van der Waals surface area contributed by atoms with Gasteiger partial charge in [-0.25, -0.2) is 0 Å². The van der Waals surface area contributed by atoms with Crippen molar-refractivity contribution in [2.45, 2.75) is 59.5 Å². The van der Waals surface area contributed by atoms with Crippen LogP contribution < -0.4 is 14.8 Å². The van der Waals surface area contributed by atoms with E-state index >= 15 is 0 Å². The van der Waals surface area contributed by atoms with Crippen molar-refractivity contribution in [3.63, 3.8) is 0 Å². The first-order valence-electron chi connectivity index (χ1n) is 11.5. The maximum absolute atomic E-state index is 12.8. The van der Waals surface area contributed by atoms with Crippen molar-refractivity contribution in [2.75, 3.05) is 20.4 Å². The number of allylic oxidation sites excluding steroid dienone is 2. The first-order chi connectivity index (χ1) is 15.8. The summed E-state index contributed by atoms with van der Waals surface area (Å²) in [4.78, 5) is 29.1. The normalized spacial score (nSPS) is 15.1. The SMILES string of the molecule is C/C=C\NCCC.CC(C)N1C=CCC(C(=O)N(C)C(C)C(=O)c2ccc3c(c2)OCO3)=C1. The summed E-state index contributed by atoms with van der Waals surface area (Å²) in [5.74, 6) is 0.921. The van der Waals surface area contributed by atoms with E-state index in [2.05, 4.69) is 26.1 Å². The molecule has 0 radical (unpaired) electrons. The second-order valence-corrected chi connectivity index (χ2v) is 8.26. The fourth-order valence-electron chi connectivity index (χ4n) is 3.26. The molecule has 7 nitrogen and oxygen atoms in total. The molecule has 1 unspecified atom stereocenters. The molecule has 1 aromatic rings. The number of amides is 1. The smallest absolute Gasteiger partial charge is 0.251 e. The van der Waals surface area contributed by atoms with Crippen LogP contribution in [0.15, 0.2) is 54.5 Å². The number of nitrogens with zero attached hydrogens (tertiary/aromatic N) is 2. The van der Waals surface area contributed by atoms with Crippen molar-refractivity contribution in [1.82, 2.24) is 15.1 Å². The molecule has 1 aromatic carbocycles. The number of Topliss-reactive ketones (excluding diaryl/α,β-unsaturated/α-hetero) is 1. The molecule has 2 heterocycles. The summed E-state index contributed by atoms with van der Waals surface area (Å²) in [6, 6.07) is 4.78. The number of carbonyl (C=O) groups is 2. The highest BCUT2D eigenvalue weighted by molar-refractivity contribution is 6.04. The van der Waals surface area contributed by atoms with Gasteiger partial charge in [0, 0.05) is 43.2 Å². The molecule has 3 rings (SSSR count). The van der Waals surface area contributed by atoms with Gasteiger partial charge in [-0.3, -0.25) is 9.59 Å². The number of hydrogen-bond acceptors (Lipinski definition) is 6. The molecule has 2 aliphatic heterocycles. The van der Waals surface area contributed by atoms with Gasteiger partial charge >= 0.3 is 0 Å². The monoisotopic (exact) mass is 455 g/mol. The van der Waals surface area contributed by atoms with E-state index in [0.29, 0.717) is 29.1 Å². The van der Waals surface area contributed by atoms with Gasteiger partial charge in [-0.05, 0) is 64.9 Å². The molecule has 0 saturated carbocycles. The Labute approximate surface area is 197 Å². The van der Waals surface area contributed by atoms with Crippen LogP contribution in [0.2, 0.25) is 0 Å². The predicted octanol–water partition coefficient (Wildman–Crippen LogP) is 4.48. The van der Waals surface area contributed by atoms with Gasteiger partial charge in [-0.1, -0.05) is 19.1 Å². The Hall–Kier alpha value is -3.22. The minimum Gasteiger partial charge on any atom is -0.454 e. The molecule has 0 aliphatic carbocycles. The van der Waals surface area contributed by atoms with Gasteiger partial charge in [0.1, 0.15) is 0 Å². The molecule has 1 atom stereocenters. The Morgan fingerprint density at radius 1 is 1.21 bits per heavy atom. The van der Waals surface area contributed by atoms with Crippen LogP contribution in [-0.2, 0) is 4.79 Å². The van der Waals surface area contributed by atoms with E-state index < -0.39 is 6.04 Å². The van der Waals surface area contributed by atoms with E-state index in [0.717, 1.165) is 6.54 Å². The van der Waals surface area contributed by atoms with Gasteiger partial charge in [-0.2, -0.15) is 0 Å². The molecule has 1 amide bonds. The third-order valence-corrected chi connectivity index (χ3v) is 5.41. The molecule has 0 saturated heterocycles. The van der Waals surface area contributed by atoms with E-state index in [4.69, 9.17) is 9.47 Å². The fraction of sp³-hybridized carbons (Fsp3) is 0.462. The number of rotatable bonds is 8. The average molecular weight is 456 g/mol. The van der Waals surface area contributed by atoms with Crippen LogP contribution in [0.3, 0.4) is 0 Å². The van der Waals surface area contributed by atoms with E-state index in [9.17, 15) is 9.59 Å². The number of fused-ring (bicyclic) bond motifs is 1. The zero-order valence-electron chi connectivity index (χ0n) is 20.6. The van der Waals surface area contributed by atoms with Crippen molar-refractivity contribution in [1.29, 1.82) is 0 Å². The second-order valence-electron chi connectivity index (χ2n) is 8.26. The van der Waals surface area contributed by atoms with Gasteiger partial charge < -0.3 is 24.6 Å². The average Bonchev–Trinajstić information content (AvgIpc) is 3.31. The Kier molecular flexibility index (Phi) is 10.0. The maximum atomic E-state index is 12.8. The van der Waals surface area contributed by atoms with Crippen LogP contribution in [0, 0.1) is 0 Å². The highest BCUT2D eigenvalue weighted by Crippen LogP contribution is 2.33. The van der Waals surface area contributed by atoms with Crippen molar-refractivity contribution >= 4 is 11.7 Å². The summed E-state index contributed by atoms with van der Waals surface area (Å²) in [5.41, 5.74) is 1.18. The van der Waals surface area contributed by atoms with Crippen molar-refractivity contribution < 1.29 is 19.1 Å². The number of nitrogens with one attached hydrogen (secondary N) is 1. The van der Waals surface area contributed by atoms with Crippen LogP contribution in [0.25, 0.3) is 0 Å². The molecule has 0 bridgehead atoms. The largest absolute Gasteiger partial charge is 0.454 e. The van der Waals surface area contributed by atoms with E-state index in [-0.39, 0.29) is 24.5 Å². The van der Waals surface area contributed by atoms with Crippen LogP contribution >= 0.6 is 0 Å². The zero-order valence-corrected chi connectivity index (χ0v) is 20.6. The topological polar surface area (TPSA) is 71.1 Å². The van der Waals surface area contributed by atoms with Gasteiger partial charge in [0.05, 0.1) is 6.04 Å². The molecular formula is C26H37N3O4. The van der Waals surface area contributed by atoms with E-state index in [1.165, 1.54) is 11.3 Å². The van der Waals surface area contributed by atoms with Crippen LogP contribution in [0.1, 0.15) is 57.8 Å². The first-order valence-corrected chi connectivity index (χ1v) is 11.5. The van der Waals surface area contributed by atoms with Gasteiger partial charge in [0.2, 0.25) is 6.79 Å². The van der Waals surface area contributed by atoms with Crippen molar-refractivity contribution in [3.8, 4) is 11.5 Å². The Morgan fingerprint density at radius 3 is 2.61 bits per heavy atom. The number of ether oxygens (including phenoxy) is 2. The molecular weight excluding hydrogens is 418 g/mol. The lowest BCUT2D eigenvalue weighted by Crippen LogP contribution is -2.41. The number of carbonyl (C=O) groups excluding carboxylic acids is 2. The lowest BCUT2D eigenvalue weighted by atomic mass is 10.0. The third-order valence-electron chi connectivity index (χ3n) is 5.41. The summed E-state index contributed by atoms with van der Waals surface area (Å²) < 4.78 is 10.6. The van der Waals surface area contributed by atoms with Crippen LogP contribution in [-0.4, -0.2) is 54.0 Å². The second kappa shape index (κ2) is 12.7. The molecule has 2 aliphatic rings. The molecule has 0 aromatic heterocycles. The molecule has 1 N–H and O–H groups in total. The minimum absolute atomic E-state index is 0.133. The van der Waals surface area contributed by atoms with Crippen LogP contribution in [0.4, 0.5) is 0 Å². The highest BCUT2D eigenvalue weighted by atomic mass is 16.7. The number of likely N-dealkylation sites (N-methyl/N-ethyl adjacent to an activating group) is 1. The number of hydrogen-bond donors (Lipinski definition) is 1. The number of ketones is 1. The molecule has 180 valence electrons. The van der Waals surface area contributed by atoms with E-state index in [1.807, 2.05) is 42.6 Å². The van der Waals surface area contributed by atoms with Crippen LogP contribution in [0.5, 0.6) is 11.5 Å². The van der Waals surface area contributed by atoms with Gasteiger partial charge in [0.15, 0.2) is 17.3 Å². The Balaban J connectivity index is 0.000000479. The molecule has 33 heavy (non-hydrogen) atoms. The predicted molar refractivity (Wildman–Crippen MR) is 131 cm³/mol. The van der Waals surface area contributed by atoms with E-state index in [1.54, 1.807) is 32.2 Å². The number of benzene rings is 1.